The van der Waals surface area contributed by atoms with E-state index in [4.69, 9.17) is 0 Å². The van der Waals surface area contributed by atoms with Gasteiger partial charge in [-0.05, 0) is 25.5 Å². The van der Waals surface area contributed by atoms with Crippen LogP contribution in [0.25, 0.3) is 0 Å². The van der Waals surface area contributed by atoms with Crippen LogP contribution in [0.1, 0.15) is 16.2 Å². The number of aryl methyl sites for hydroxylation is 1. The summed E-state index contributed by atoms with van der Waals surface area (Å²) < 4.78 is 22.4. The van der Waals surface area contributed by atoms with Gasteiger partial charge in [-0.25, -0.2) is 8.42 Å². The van der Waals surface area contributed by atoms with Gasteiger partial charge in [-0.15, -0.1) is 11.3 Å². The van der Waals surface area contributed by atoms with E-state index in [-0.39, 0.29) is 6.04 Å². The molecule has 2 heterocycles. The molecule has 1 fully saturated rings. The predicted octanol–water partition coefficient (Wildman–Crippen LogP) is 1.33. The van der Waals surface area contributed by atoms with Crippen LogP contribution in [0.2, 0.25) is 0 Å². The predicted molar refractivity (Wildman–Crippen MR) is 63.0 cm³/mol. The van der Waals surface area contributed by atoms with Gasteiger partial charge in [-0.2, -0.15) is 0 Å². The molecular weight excluding hydrogens is 230 g/mol. The van der Waals surface area contributed by atoms with Crippen LogP contribution in [0.4, 0.5) is 0 Å². The molecule has 0 bridgehead atoms. The summed E-state index contributed by atoms with van der Waals surface area (Å²) in [6.07, 6.45) is 0.757. The summed E-state index contributed by atoms with van der Waals surface area (Å²) in [4.78, 5) is 2.57. The Bertz CT molecular complexity index is 436. The van der Waals surface area contributed by atoms with Gasteiger partial charge in [0.05, 0.1) is 11.5 Å². The molecule has 1 N–H and O–H groups in total. The van der Waals surface area contributed by atoms with E-state index in [9.17, 15) is 8.42 Å². The summed E-state index contributed by atoms with van der Waals surface area (Å²) in [7, 11) is -2.75. The zero-order chi connectivity index (χ0) is 10.9. The number of hydrogen-bond acceptors (Lipinski definition) is 4. The van der Waals surface area contributed by atoms with Crippen molar-refractivity contribution in [2.75, 3.05) is 11.5 Å². The summed E-state index contributed by atoms with van der Waals surface area (Å²) in [5, 5.41) is 3.30. The first-order valence-corrected chi connectivity index (χ1v) is 7.68. The van der Waals surface area contributed by atoms with Crippen molar-refractivity contribution in [3.8, 4) is 0 Å². The lowest BCUT2D eigenvalue weighted by molar-refractivity contribution is 0.557. The molecule has 0 amide bonds. The number of thiophene rings is 1. The van der Waals surface area contributed by atoms with Crippen LogP contribution in [0.15, 0.2) is 12.1 Å². The summed E-state index contributed by atoms with van der Waals surface area (Å²) in [6.45, 7) is 2.87. The minimum absolute atomic E-state index is 0.150. The van der Waals surface area contributed by atoms with Crippen molar-refractivity contribution >= 4 is 21.2 Å². The summed E-state index contributed by atoms with van der Waals surface area (Å²) in [5.74, 6) is 0.644. The fourth-order valence-electron chi connectivity index (χ4n) is 1.78. The van der Waals surface area contributed by atoms with Crippen molar-refractivity contribution < 1.29 is 8.42 Å². The maximum atomic E-state index is 11.2. The third-order valence-corrected chi connectivity index (χ3v) is 5.36. The van der Waals surface area contributed by atoms with Crippen molar-refractivity contribution in [1.82, 2.24) is 5.32 Å². The number of hydrogen-bond donors (Lipinski definition) is 1. The molecule has 1 unspecified atom stereocenters. The van der Waals surface area contributed by atoms with Crippen molar-refractivity contribution in [2.24, 2.45) is 0 Å². The minimum atomic E-state index is -2.75. The van der Waals surface area contributed by atoms with Crippen molar-refractivity contribution in [1.29, 1.82) is 0 Å². The van der Waals surface area contributed by atoms with Gasteiger partial charge in [0.1, 0.15) is 0 Å². The molecule has 0 aromatic carbocycles. The third kappa shape index (κ3) is 3.03. The molecule has 3 nitrogen and oxygen atoms in total. The zero-order valence-corrected chi connectivity index (χ0v) is 10.3. The summed E-state index contributed by atoms with van der Waals surface area (Å²) in [6, 6.07) is 4.33. The molecule has 0 aliphatic carbocycles. The molecule has 1 aliphatic heterocycles. The van der Waals surface area contributed by atoms with Crippen LogP contribution in [0, 0.1) is 6.92 Å². The number of sulfone groups is 1. The number of nitrogens with one attached hydrogen (secondary N) is 1. The van der Waals surface area contributed by atoms with E-state index in [0.717, 1.165) is 13.0 Å². The lowest BCUT2D eigenvalue weighted by Gasteiger charge is -2.08. The molecule has 1 saturated heterocycles. The fourth-order valence-corrected chi connectivity index (χ4v) is 4.33. The van der Waals surface area contributed by atoms with E-state index in [1.165, 1.54) is 9.75 Å². The van der Waals surface area contributed by atoms with Gasteiger partial charge in [0.2, 0.25) is 0 Å². The van der Waals surface area contributed by atoms with Gasteiger partial charge >= 0.3 is 0 Å². The summed E-state index contributed by atoms with van der Waals surface area (Å²) >= 11 is 1.76. The first-order valence-electron chi connectivity index (χ1n) is 5.04. The molecule has 15 heavy (non-hydrogen) atoms. The summed E-state index contributed by atoms with van der Waals surface area (Å²) in [5.41, 5.74) is 0. The highest BCUT2D eigenvalue weighted by Crippen LogP contribution is 2.16. The first kappa shape index (κ1) is 11.1. The molecule has 1 aliphatic rings. The third-order valence-electron chi connectivity index (χ3n) is 2.59. The standard InChI is InChI=1S/C10H15NO2S2/c1-8-2-3-10(14-8)6-11-9-4-5-15(12,13)7-9/h2-3,9,11H,4-7H2,1H3. The Hall–Kier alpha value is -0.390. The molecule has 5 heteroatoms. The van der Waals surface area contributed by atoms with Crippen LogP contribution in [0.5, 0.6) is 0 Å². The van der Waals surface area contributed by atoms with E-state index in [0.29, 0.717) is 11.5 Å². The van der Waals surface area contributed by atoms with Gasteiger partial charge < -0.3 is 5.32 Å². The highest BCUT2D eigenvalue weighted by Gasteiger charge is 2.27. The Balaban J connectivity index is 1.85. The second-order valence-corrected chi connectivity index (χ2v) is 7.59. The largest absolute Gasteiger partial charge is 0.308 e. The van der Waals surface area contributed by atoms with Gasteiger partial charge in [-0.1, -0.05) is 0 Å². The minimum Gasteiger partial charge on any atom is -0.308 e. The molecule has 84 valence electrons. The molecule has 0 radical (unpaired) electrons. The van der Waals surface area contributed by atoms with E-state index in [1.807, 2.05) is 0 Å². The second-order valence-electron chi connectivity index (χ2n) is 3.99. The van der Waals surface area contributed by atoms with Gasteiger partial charge in [0.15, 0.2) is 9.84 Å². The Kier molecular flexibility index (Phi) is 3.13. The second kappa shape index (κ2) is 4.23. The van der Waals surface area contributed by atoms with Crippen LogP contribution in [0.3, 0.4) is 0 Å². The Morgan fingerprint density at radius 2 is 2.33 bits per heavy atom. The molecular formula is C10H15NO2S2. The molecule has 0 saturated carbocycles. The first-order chi connectivity index (χ1) is 7.05. The Morgan fingerprint density at radius 3 is 2.87 bits per heavy atom. The quantitative estimate of drug-likeness (QED) is 0.874. The lowest BCUT2D eigenvalue weighted by Crippen LogP contribution is -2.29. The number of rotatable bonds is 3. The Morgan fingerprint density at radius 1 is 1.53 bits per heavy atom. The molecule has 1 atom stereocenters. The topological polar surface area (TPSA) is 46.2 Å². The maximum absolute atomic E-state index is 11.2. The zero-order valence-electron chi connectivity index (χ0n) is 8.69. The van der Waals surface area contributed by atoms with E-state index in [1.54, 1.807) is 11.3 Å². The van der Waals surface area contributed by atoms with Gasteiger partial charge in [-0.3, -0.25) is 0 Å². The molecule has 2 rings (SSSR count). The van der Waals surface area contributed by atoms with Crippen LogP contribution >= 0.6 is 11.3 Å². The highest BCUT2D eigenvalue weighted by atomic mass is 32.2. The lowest BCUT2D eigenvalue weighted by atomic mass is 10.2. The molecule has 1 aromatic heterocycles. The average Bonchev–Trinajstić information content (AvgIpc) is 2.69. The van der Waals surface area contributed by atoms with E-state index >= 15 is 0 Å². The maximum Gasteiger partial charge on any atom is 0.151 e. The highest BCUT2D eigenvalue weighted by molar-refractivity contribution is 7.91. The fraction of sp³-hybridized carbons (Fsp3) is 0.600. The van der Waals surface area contributed by atoms with Crippen LogP contribution < -0.4 is 5.32 Å². The van der Waals surface area contributed by atoms with Gasteiger partial charge in [0, 0.05) is 22.3 Å². The van der Waals surface area contributed by atoms with Crippen LogP contribution in [-0.4, -0.2) is 26.0 Å². The molecule has 1 aromatic rings. The van der Waals surface area contributed by atoms with Crippen molar-refractivity contribution in [2.45, 2.75) is 25.9 Å². The van der Waals surface area contributed by atoms with Crippen molar-refractivity contribution in [3.05, 3.63) is 21.9 Å². The normalized spacial score (nSPS) is 24.5. The van der Waals surface area contributed by atoms with E-state index < -0.39 is 9.84 Å². The van der Waals surface area contributed by atoms with E-state index in [2.05, 4.69) is 24.4 Å². The van der Waals surface area contributed by atoms with Crippen LogP contribution in [-0.2, 0) is 16.4 Å². The Labute approximate surface area is 94.4 Å². The average molecular weight is 245 g/mol. The molecule has 0 spiro atoms. The van der Waals surface area contributed by atoms with Crippen molar-refractivity contribution in [3.63, 3.8) is 0 Å². The van der Waals surface area contributed by atoms with Gasteiger partial charge in [0.25, 0.3) is 0 Å². The smallest absolute Gasteiger partial charge is 0.151 e. The SMILES string of the molecule is Cc1ccc(CNC2CCS(=O)(=O)C2)s1. The monoisotopic (exact) mass is 245 g/mol.